The van der Waals surface area contributed by atoms with E-state index >= 15 is 0 Å². The molecule has 4 heteroatoms. The molecule has 0 saturated heterocycles. The van der Waals surface area contributed by atoms with Crippen LogP contribution in [0.2, 0.25) is 0 Å². The van der Waals surface area contributed by atoms with Crippen molar-refractivity contribution in [1.82, 2.24) is 9.89 Å². The van der Waals surface area contributed by atoms with Crippen molar-refractivity contribution in [2.75, 3.05) is 0 Å². The highest BCUT2D eigenvalue weighted by molar-refractivity contribution is 5.50. The molecule has 0 fully saturated rings. The first-order valence-corrected chi connectivity index (χ1v) is 6.45. The quantitative estimate of drug-likeness (QED) is 0.919. The van der Waals surface area contributed by atoms with Crippen LogP contribution in [-0.4, -0.2) is 4.57 Å². The van der Waals surface area contributed by atoms with Crippen molar-refractivity contribution in [3.05, 3.63) is 51.6 Å². The van der Waals surface area contributed by atoms with Crippen LogP contribution in [0.4, 0.5) is 0 Å². The third-order valence-electron chi connectivity index (χ3n) is 3.29. The number of allylic oxidation sites excluding steroid dienone is 1. The monoisotopic (exact) mass is 260 g/mol. The van der Waals surface area contributed by atoms with Crippen LogP contribution in [0.1, 0.15) is 30.7 Å². The number of nitrogens with one attached hydrogen (secondary N) is 1. The maximum atomic E-state index is 12.3. The van der Waals surface area contributed by atoms with E-state index in [-0.39, 0.29) is 5.56 Å². The number of rotatable bonds is 4. The summed E-state index contributed by atoms with van der Waals surface area (Å²) in [4.78, 5) is 12.3. The van der Waals surface area contributed by atoms with E-state index < -0.39 is 0 Å². The molecule has 2 rings (SSSR count). The summed E-state index contributed by atoms with van der Waals surface area (Å²) in [5.41, 5.74) is 3.31. The minimum absolute atomic E-state index is 0.104. The van der Waals surface area contributed by atoms with E-state index in [2.05, 4.69) is 25.7 Å². The molecule has 0 saturated carbocycles. The topological polar surface area (TPSA) is 46.7 Å². The van der Waals surface area contributed by atoms with Crippen molar-refractivity contribution in [3.63, 3.8) is 0 Å². The predicted octanol–water partition coefficient (Wildman–Crippen LogP) is 2.77. The number of hydrogen-bond donors (Lipinski definition) is 1. The molecule has 0 radical (unpaired) electrons. The van der Waals surface area contributed by atoms with Gasteiger partial charge in [-0.15, -0.1) is 4.57 Å². The van der Waals surface area contributed by atoms with Gasteiger partial charge in [0.2, 0.25) is 0 Å². The van der Waals surface area contributed by atoms with Crippen LogP contribution in [0, 0.1) is 19.8 Å². The van der Waals surface area contributed by atoms with Gasteiger partial charge in [0.15, 0.2) is 0 Å². The molecular weight excluding hydrogens is 240 g/mol. The molecule has 0 amide bonds. The van der Waals surface area contributed by atoms with E-state index in [4.69, 9.17) is 4.52 Å². The molecule has 2 aromatic rings. The van der Waals surface area contributed by atoms with Crippen LogP contribution in [0.25, 0.3) is 5.52 Å². The molecule has 0 unspecified atom stereocenters. The Morgan fingerprint density at radius 3 is 2.74 bits per heavy atom. The van der Waals surface area contributed by atoms with Gasteiger partial charge in [-0.3, -0.25) is 4.79 Å². The summed E-state index contributed by atoms with van der Waals surface area (Å²) in [5, 5.41) is 3.20. The molecule has 0 aliphatic rings. The van der Waals surface area contributed by atoms with E-state index in [9.17, 15) is 4.79 Å². The molecule has 102 valence electrons. The molecule has 1 N–H and O–H groups in total. The molecule has 19 heavy (non-hydrogen) atoms. The van der Waals surface area contributed by atoms with Crippen molar-refractivity contribution >= 4 is 5.52 Å². The summed E-state index contributed by atoms with van der Waals surface area (Å²) in [5.74, 6) is 1.07. The van der Waals surface area contributed by atoms with Gasteiger partial charge < -0.3 is 9.84 Å². The van der Waals surface area contributed by atoms with Crippen LogP contribution in [0.15, 0.2) is 33.7 Å². The Hall–Kier alpha value is -1.97. The van der Waals surface area contributed by atoms with Gasteiger partial charge in [0.05, 0.1) is 5.52 Å². The van der Waals surface area contributed by atoms with Crippen molar-refractivity contribution in [3.8, 4) is 0 Å². The van der Waals surface area contributed by atoms with Gasteiger partial charge >= 0.3 is 0 Å². The largest absolute Gasteiger partial charge is 0.384 e. The predicted molar refractivity (Wildman–Crippen MR) is 76.2 cm³/mol. The standard InChI is InChI=1S/C15H20N2O2/c1-9(2)12(5)16-8-14-10(3)6-13-7-11(4)19-17(13)15(14)18/h6-7,9,16H,5,8H2,1-4H3. The molecule has 0 aliphatic heterocycles. The molecule has 2 aromatic heterocycles. The molecule has 0 bridgehead atoms. The lowest BCUT2D eigenvalue weighted by Crippen LogP contribution is -2.25. The lowest BCUT2D eigenvalue weighted by atomic mass is 10.1. The van der Waals surface area contributed by atoms with Gasteiger partial charge in [0.25, 0.3) is 5.56 Å². The number of pyridine rings is 1. The Labute approximate surface area is 112 Å². The maximum Gasteiger partial charge on any atom is 0.289 e. The number of aryl methyl sites for hydroxylation is 2. The van der Waals surface area contributed by atoms with Gasteiger partial charge in [-0.2, -0.15) is 0 Å². The second kappa shape index (κ2) is 4.96. The molecule has 4 nitrogen and oxygen atoms in total. The van der Waals surface area contributed by atoms with E-state index in [1.54, 1.807) is 0 Å². The Kier molecular flexibility index (Phi) is 3.51. The second-order valence-corrected chi connectivity index (χ2v) is 5.21. The van der Waals surface area contributed by atoms with Crippen LogP contribution >= 0.6 is 0 Å². The van der Waals surface area contributed by atoms with Crippen molar-refractivity contribution in [2.45, 2.75) is 34.2 Å². The Bertz CT molecular complexity index is 677. The number of fused-ring (bicyclic) bond motifs is 1. The summed E-state index contributed by atoms with van der Waals surface area (Å²) < 4.78 is 6.75. The lowest BCUT2D eigenvalue weighted by molar-refractivity contribution is 0.345. The number of aromatic nitrogens is 1. The smallest absolute Gasteiger partial charge is 0.289 e. The number of hydrogen-bond acceptors (Lipinski definition) is 3. The van der Waals surface area contributed by atoms with Gasteiger partial charge in [-0.25, -0.2) is 0 Å². The normalized spacial score (nSPS) is 11.2. The minimum Gasteiger partial charge on any atom is -0.384 e. The third kappa shape index (κ3) is 2.57. The first-order valence-electron chi connectivity index (χ1n) is 6.45. The average molecular weight is 260 g/mol. The zero-order valence-corrected chi connectivity index (χ0v) is 11.9. The Morgan fingerprint density at radius 1 is 1.42 bits per heavy atom. The van der Waals surface area contributed by atoms with Crippen molar-refractivity contribution in [2.24, 2.45) is 5.92 Å². The summed E-state index contributed by atoms with van der Waals surface area (Å²) in [6.45, 7) is 12.3. The molecule has 0 aromatic carbocycles. The van der Waals surface area contributed by atoms with Gasteiger partial charge in [-0.1, -0.05) is 20.4 Å². The van der Waals surface area contributed by atoms with E-state index in [1.807, 2.05) is 26.0 Å². The highest BCUT2D eigenvalue weighted by Crippen LogP contribution is 2.12. The summed E-state index contributed by atoms with van der Waals surface area (Å²) >= 11 is 0. The molecule has 2 heterocycles. The fraction of sp³-hybridized carbons (Fsp3) is 0.400. The second-order valence-electron chi connectivity index (χ2n) is 5.21. The zero-order valence-electron chi connectivity index (χ0n) is 11.9. The highest BCUT2D eigenvalue weighted by Gasteiger charge is 2.11. The summed E-state index contributed by atoms with van der Waals surface area (Å²) in [7, 11) is 0. The molecule has 0 spiro atoms. The minimum atomic E-state index is -0.104. The molecular formula is C15H20N2O2. The van der Waals surface area contributed by atoms with Gasteiger partial charge in [-0.05, 0) is 31.4 Å². The fourth-order valence-electron chi connectivity index (χ4n) is 1.97. The van der Waals surface area contributed by atoms with Crippen LogP contribution < -0.4 is 10.9 Å². The van der Waals surface area contributed by atoms with Crippen LogP contribution in [0.3, 0.4) is 0 Å². The van der Waals surface area contributed by atoms with Gasteiger partial charge in [0.1, 0.15) is 5.76 Å². The van der Waals surface area contributed by atoms with Gasteiger partial charge in [0, 0.05) is 23.9 Å². The first-order chi connectivity index (χ1) is 8.90. The van der Waals surface area contributed by atoms with E-state index in [0.29, 0.717) is 18.0 Å². The maximum absolute atomic E-state index is 12.3. The molecule has 0 aliphatic carbocycles. The third-order valence-corrected chi connectivity index (χ3v) is 3.29. The fourth-order valence-corrected chi connectivity index (χ4v) is 1.97. The molecule has 0 atom stereocenters. The Balaban J connectivity index is 2.38. The summed E-state index contributed by atoms with van der Waals surface area (Å²) in [6.07, 6.45) is 0. The highest BCUT2D eigenvalue weighted by atomic mass is 16.5. The lowest BCUT2D eigenvalue weighted by Gasteiger charge is -2.13. The first kappa shape index (κ1) is 13.5. The summed E-state index contributed by atoms with van der Waals surface area (Å²) in [6, 6.07) is 3.83. The van der Waals surface area contributed by atoms with E-state index in [1.165, 1.54) is 4.57 Å². The van der Waals surface area contributed by atoms with Crippen molar-refractivity contribution in [1.29, 1.82) is 0 Å². The van der Waals surface area contributed by atoms with Crippen LogP contribution in [-0.2, 0) is 6.54 Å². The Morgan fingerprint density at radius 2 is 2.11 bits per heavy atom. The SMILES string of the molecule is C=C(NCc1c(C)cc2cc(C)on2c1=O)C(C)C. The van der Waals surface area contributed by atoms with Crippen LogP contribution in [0.5, 0.6) is 0 Å². The van der Waals surface area contributed by atoms with E-state index in [0.717, 1.165) is 22.5 Å². The number of nitrogens with zero attached hydrogens (tertiary/aromatic N) is 1. The average Bonchev–Trinajstić information content (AvgIpc) is 2.69. The van der Waals surface area contributed by atoms with Crippen molar-refractivity contribution < 1.29 is 4.52 Å². The zero-order chi connectivity index (χ0) is 14.2.